The maximum atomic E-state index is 11.5. The fourth-order valence-corrected chi connectivity index (χ4v) is 2.93. The molecule has 0 aromatic rings. The fraction of sp³-hybridized carbons (Fsp3) is 0.929. The molecule has 2 N–H and O–H groups in total. The van der Waals surface area contributed by atoms with E-state index in [2.05, 4.69) is 15.5 Å². The maximum Gasteiger partial charge on any atom is 0.407 e. The normalized spacial score (nSPS) is 30.2. The van der Waals surface area contributed by atoms with Gasteiger partial charge in [-0.1, -0.05) is 0 Å². The molecule has 19 heavy (non-hydrogen) atoms. The van der Waals surface area contributed by atoms with Gasteiger partial charge in [-0.2, -0.15) is 0 Å². The Balaban J connectivity index is 1.58. The van der Waals surface area contributed by atoms with E-state index in [9.17, 15) is 4.79 Å². The predicted octanol–water partition coefficient (Wildman–Crippen LogP) is 1.19. The van der Waals surface area contributed by atoms with Crippen LogP contribution in [0.4, 0.5) is 4.79 Å². The third-order valence-corrected chi connectivity index (χ3v) is 3.86. The summed E-state index contributed by atoms with van der Waals surface area (Å²) in [6, 6.07) is 0.600. The van der Waals surface area contributed by atoms with E-state index in [-0.39, 0.29) is 6.09 Å². The van der Waals surface area contributed by atoms with Crippen LogP contribution in [0.5, 0.6) is 0 Å². The van der Waals surface area contributed by atoms with Gasteiger partial charge in [0.2, 0.25) is 0 Å². The van der Waals surface area contributed by atoms with Crippen LogP contribution in [0.1, 0.15) is 33.6 Å². The number of rotatable bonds is 4. The summed E-state index contributed by atoms with van der Waals surface area (Å²) in [5.41, 5.74) is -0.423. The van der Waals surface area contributed by atoms with E-state index in [1.165, 1.54) is 25.9 Å². The molecule has 3 aliphatic rings. The van der Waals surface area contributed by atoms with Crippen LogP contribution in [-0.2, 0) is 4.74 Å². The Morgan fingerprint density at radius 1 is 1.26 bits per heavy atom. The van der Waals surface area contributed by atoms with Gasteiger partial charge < -0.3 is 20.3 Å². The van der Waals surface area contributed by atoms with Crippen LogP contribution >= 0.6 is 0 Å². The van der Waals surface area contributed by atoms with Crippen molar-refractivity contribution in [2.24, 2.45) is 5.92 Å². The monoisotopic (exact) mass is 269 g/mol. The molecule has 1 atom stereocenters. The van der Waals surface area contributed by atoms with E-state index in [1.54, 1.807) is 0 Å². The molecule has 110 valence electrons. The van der Waals surface area contributed by atoms with Crippen molar-refractivity contribution in [1.29, 1.82) is 0 Å². The third kappa shape index (κ3) is 4.66. The molecule has 1 amide bonds. The number of piperidine rings is 3. The summed E-state index contributed by atoms with van der Waals surface area (Å²) < 4.78 is 5.19. The Kier molecular flexibility index (Phi) is 4.68. The van der Waals surface area contributed by atoms with Crippen LogP contribution in [0.25, 0.3) is 0 Å². The zero-order valence-electron chi connectivity index (χ0n) is 12.4. The van der Waals surface area contributed by atoms with Crippen LogP contribution < -0.4 is 10.6 Å². The molecule has 3 aliphatic heterocycles. The summed E-state index contributed by atoms with van der Waals surface area (Å²) in [5.74, 6) is 0.825. The second-order valence-corrected chi connectivity index (χ2v) is 6.63. The van der Waals surface area contributed by atoms with Crippen molar-refractivity contribution >= 4 is 6.09 Å². The van der Waals surface area contributed by atoms with Gasteiger partial charge in [-0.05, 0) is 52.6 Å². The highest BCUT2D eigenvalue weighted by Gasteiger charge is 2.33. The standard InChI is InChI=1S/C14H27N3O2/c1-14(2,3)19-13(18)16-7-6-15-12-10-17-8-4-11(12)5-9-17/h11-12,15H,4-10H2,1-3H3,(H,16,18). The first-order valence-corrected chi connectivity index (χ1v) is 7.36. The van der Waals surface area contributed by atoms with Gasteiger partial charge in [-0.25, -0.2) is 4.79 Å². The van der Waals surface area contributed by atoms with Crippen molar-refractivity contribution in [3.8, 4) is 0 Å². The van der Waals surface area contributed by atoms with Gasteiger partial charge in [0.1, 0.15) is 5.60 Å². The Morgan fingerprint density at radius 3 is 2.47 bits per heavy atom. The van der Waals surface area contributed by atoms with Crippen LogP contribution in [-0.4, -0.2) is 55.4 Å². The number of carbonyl (C=O) groups is 1. The lowest BCUT2D eigenvalue weighted by Gasteiger charge is -2.45. The van der Waals surface area contributed by atoms with Crippen molar-refractivity contribution in [2.75, 3.05) is 32.7 Å². The highest BCUT2D eigenvalue weighted by molar-refractivity contribution is 5.67. The summed E-state index contributed by atoms with van der Waals surface area (Å²) in [7, 11) is 0. The smallest absolute Gasteiger partial charge is 0.407 e. The van der Waals surface area contributed by atoms with E-state index in [0.29, 0.717) is 12.6 Å². The summed E-state index contributed by atoms with van der Waals surface area (Å²) in [4.78, 5) is 14.0. The molecule has 3 fully saturated rings. The largest absolute Gasteiger partial charge is 0.444 e. The Morgan fingerprint density at radius 2 is 1.95 bits per heavy atom. The molecule has 0 aromatic carbocycles. The quantitative estimate of drug-likeness (QED) is 0.753. The molecular weight excluding hydrogens is 242 g/mol. The van der Waals surface area contributed by atoms with Gasteiger partial charge in [-0.15, -0.1) is 0 Å². The molecule has 0 aliphatic carbocycles. The highest BCUT2D eigenvalue weighted by atomic mass is 16.6. The minimum absolute atomic E-state index is 0.330. The second kappa shape index (κ2) is 6.09. The van der Waals surface area contributed by atoms with Gasteiger partial charge in [0.05, 0.1) is 0 Å². The third-order valence-electron chi connectivity index (χ3n) is 3.86. The van der Waals surface area contributed by atoms with Crippen molar-refractivity contribution in [1.82, 2.24) is 15.5 Å². The number of fused-ring (bicyclic) bond motifs is 3. The first-order chi connectivity index (χ1) is 8.94. The zero-order valence-corrected chi connectivity index (χ0v) is 12.4. The molecule has 0 spiro atoms. The van der Waals surface area contributed by atoms with Crippen molar-refractivity contribution in [3.05, 3.63) is 0 Å². The lowest BCUT2D eigenvalue weighted by Crippen LogP contribution is -2.56. The van der Waals surface area contributed by atoms with E-state index >= 15 is 0 Å². The average molecular weight is 269 g/mol. The molecule has 0 radical (unpaired) electrons. The number of alkyl carbamates (subject to hydrolysis) is 1. The van der Waals surface area contributed by atoms with Gasteiger partial charge >= 0.3 is 6.09 Å². The summed E-state index contributed by atoms with van der Waals surface area (Å²) in [6.07, 6.45) is 2.30. The fourth-order valence-electron chi connectivity index (χ4n) is 2.93. The predicted molar refractivity (Wildman–Crippen MR) is 75.2 cm³/mol. The molecule has 3 rings (SSSR count). The molecule has 1 unspecified atom stereocenters. The highest BCUT2D eigenvalue weighted by Crippen LogP contribution is 2.27. The lowest BCUT2D eigenvalue weighted by molar-refractivity contribution is 0.0520. The topological polar surface area (TPSA) is 53.6 Å². The number of carbonyl (C=O) groups excluding carboxylic acids is 1. The SMILES string of the molecule is CC(C)(C)OC(=O)NCCNC1CN2CCC1CC2. The molecular formula is C14H27N3O2. The molecule has 2 bridgehead atoms. The molecule has 5 heteroatoms. The van der Waals surface area contributed by atoms with E-state index in [4.69, 9.17) is 4.74 Å². The number of hydrogen-bond acceptors (Lipinski definition) is 4. The van der Waals surface area contributed by atoms with Crippen molar-refractivity contribution in [2.45, 2.75) is 45.3 Å². The van der Waals surface area contributed by atoms with Crippen LogP contribution in [0.15, 0.2) is 0 Å². The van der Waals surface area contributed by atoms with Gasteiger partial charge in [-0.3, -0.25) is 0 Å². The first-order valence-electron chi connectivity index (χ1n) is 7.36. The molecule has 0 aromatic heterocycles. The molecule has 0 saturated carbocycles. The van der Waals surface area contributed by atoms with Gasteiger partial charge in [0.15, 0.2) is 0 Å². The summed E-state index contributed by atoms with van der Waals surface area (Å²) in [5, 5.41) is 6.34. The van der Waals surface area contributed by atoms with Crippen LogP contribution in [0.2, 0.25) is 0 Å². The summed E-state index contributed by atoms with van der Waals surface area (Å²) in [6.45, 7) is 10.7. The van der Waals surface area contributed by atoms with Gasteiger partial charge in [0.25, 0.3) is 0 Å². The van der Waals surface area contributed by atoms with Gasteiger partial charge in [0, 0.05) is 25.7 Å². The number of nitrogens with one attached hydrogen (secondary N) is 2. The minimum atomic E-state index is -0.423. The molecule has 3 heterocycles. The molecule has 3 saturated heterocycles. The maximum absolute atomic E-state index is 11.5. The Hall–Kier alpha value is -0.810. The van der Waals surface area contributed by atoms with Crippen LogP contribution in [0, 0.1) is 5.92 Å². The Bertz CT molecular complexity index is 306. The van der Waals surface area contributed by atoms with Crippen molar-refractivity contribution < 1.29 is 9.53 Å². The second-order valence-electron chi connectivity index (χ2n) is 6.63. The number of ether oxygens (including phenoxy) is 1. The lowest BCUT2D eigenvalue weighted by atomic mass is 9.84. The van der Waals surface area contributed by atoms with E-state index in [1.807, 2.05) is 20.8 Å². The molecule has 5 nitrogen and oxygen atoms in total. The van der Waals surface area contributed by atoms with E-state index < -0.39 is 5.60 Å². The first kappa shape index (κ1) is 14.6. The number of nitrogens with zero attached hydrogens (tertiary/aromatic N) is 1. The van der Waals surface area contributed by atoms with Crippen LogP contribution in [0.3, 0.4) is 0 Å². The van der Waals surface area contributed by atoms with E-state index in [0.717, 1.165) is 19.0 Å². The average Bonchev–Trinajstić information content (AvgIpc) is 2.34. The Labute approximate surface area is 116 Å². The number of hydrogen-bond donors (Lipinski definition) is 2. The van der Waals surface area contributed by atoms with Crippen molar-refractivity contribution in [3.63, 3.8) is 0 Å². The summed E-state index contributed by atoms with van der Waals surface area (Å²) >= 11 is 0. The minimum Gasteiger partial charge on any atom is -0.444 e. The zero-order chi connectivity index (χ0) is 13.9. The number of amides is 1.